The second-order valence-corrected chi connectivity index (χ2v) is 5.03. The topological polar surface area (TPSA) is 30.9 Å². The molecule has 112 valence electrons. The van der Waals surface area contributed by atoms with Gasteiger partial charge in [-0.2, -0.15) is 0 Å². The maximum Gasteiger partial charge on any atom is 0.122 e. The predicted molar refractivity (Wildman–Crippen MR) is 78.5 cm³/mol. The standard InChI is InChI=1S/C16H25NO3/c1-4-11-20-17(19-5-2)14-9-10-15-13(12-14)7-6-8-16(15)18-3/h6-8,14H,4-5,9-12H2,1-3H3. The quantitative estimate of drug-likeness (QED) is 0.717. The van der Waals surface area contributed by atoms with Gasteiger partial charge in [0.1, 0.15) is 5.75 Å². The lowest BCUT2D eigenvalue weighted by Crippen LogP contribution is -2.39. The van der Waals surface area contributed by atoms with Gasteiger partial charge in [-0.1, -0.05) is 24.3 Å². The SMILES string of the molecule is CCCON(OCC)C1CCc2c(cccc2OC)C1. The molecule has 0 saturated carbocycles. The molecule has 1 unspecified atom stereocenters. The predicted octanol–water partition coefficient (Wildman–Crippen LogP) is 3.15. The van der Waals surface area contributed by atoms with Gasteiger partial charge in [0.2, 0.25) is 0 Å². The van der Waals surface area contributed by atoms with E-state index in [2.05, 4.69) is 19.1 Å². The van der Waals surface area contributed by atoms with E-state index in [1.807, 2.05) is 13.0 Å². The molecule has 2 rings (SSSR count). The Hall–Kier alpha value is -1.10. The molecule has 0 aliphatic heterocycles. The van der Waals surface area contributed by atoms with Gasteiger partial charge in [0.05, 0.1) is 26.4 Å². The minimum Gasteiger partial charge on any atom is -0.496 e. The second kappa shape index (κ2) is 7.62. The van der Waals surface area contributed by atoms with Crippen molar-refractivity contribution in [2.24, 2.45) is 0 Å². The van der Waals surface area contributed by atoms with Crippen molar-refractivity contribution < 1.29 is 14.4 Å². The molecule has 0 heterocycles. The Kier molecular flexibility index (Phi) is 5.83. The molecule has 4 heteroatoms. The number of hydrogen-bond donors (Lipinski definition) is 0. The first-order valence-electron chi connectivity index (χ1n) is 7.49. The van der Waals surface area contributed by atoms with Crippen LogP contribution < -0.4 is 4.74 Å². The molecule has 1 atom stereocenters. The Labute approximate surface area is 121 Å². The van der Waals surface area contributed by atoms with Crippen molar-refractivity contribution in [1.82, 2.24) is 5.23 Å². The summed E-state index contributed by atoms with van der Waals surface area (Å²) in [7, 11) is 1.73. The molecule has 4 nitrogen and oxygen atoms in total. The monoisotopic (exact) mass is 279 g/mol. The Morgan fingerprint density at radius 2 is 2.10 bits per heavy atom. The minimum absolute atomic E-state index is 0.279. The third kappa shape index (κ3) is 3.51. The number of hydrogen-bond acceptors (Lipinski definition) is 4. The van der Waals surface area contributed by atoms with Crippen LogP contribution >= 0.6 is 0 Å². The first-order valence-corrected chi connectivity index (χ1v) is 7.49. The molecule has 0 radical (unpaired) electrons. The normalized spacial score (nSPS) is 18.1. The summed E-state index contributed by atoms with van der Waals surface area (Å²) in [6, 6.07) is 6.54. The van der Waals surface area contributed by atoms with Crippen LogP contribution in [0.4, 0.5) is 0 Å². The van der Waals surface area contributed by atoms with Crippen molar-refractivity contribution in [2.75, 3.05) is 20.3 Å². The Balaban J connectivity index is 2.08. The van der Waals surface area contributed by atoms with E-state index >= 15 is 0 Å². The number of nitrogens with zero attached hydrogens (tertiary/aromatic N) is 1. The number of fused-ring (bicyclic) bond motifs is 1. The molecule has 0 fully saturated rings. The molecule has 0 N–H and O–H groups in total. The van der Waals surface area contributed by atoms with Crippen LogP contribution in [0.3, 0.4) is 0 Å². The second-order valence-electron chi connectivity index (χ2n) is 5.03. The molecule has 20 heavy (non-hydrogen) atoms. The summed E-state index contributed by atoms with van der Waals surface area (Å²) < 4.78 is 5.44. The van der Waals surface area contributed by atoms with E-state index in [9.17, 15) is 0 Å². The smallest absolute Gasteiger partial charge is 0.122 e. The molecule has 1 aliphatic carbocycles. The third-order valence-corrected chi connectivity index (χ3v) is 3.61. The van der Waals surface area contributed by atoms with Gasteiger partial charge in [0.25, 0.3) is 0 Å². The van der Waals surface area contributed by atoms with Gasteiger partial charge in [-0.05, 0) is 49.8 Å². The Morgan fingerprint density at radius 1 is 1.25 bits per heavy atom. The van der Waals surface area contributed by atoms with Gasteiger partial charge in [-0.3, -0.25) is 9.68 Å². The van der Waals surface area contributed by atoms with Crippen LogP contribution in [0.15, 0.2) is 18.2 Å². The Bertz CT molecular complexity index is 422. The largest absolute Gasteiger partial charge is 0.496 e. The van der Waals surface area contributed by atoms with Crippen LogP contribution in [0.1, 0.15) is 37.8 Å². The van der Waals surface area contributed by atoms with Crippen molar-refractivity contribution in [2.45, 2.75) is 45.6 Å². The van der Waals surface area contributed by atoms with Gasteiger partial charge in [0, 0.05) is 0 Å². The van der Waals surface area contributed by atoms with Crippen LogP contribution in [-0.2, 0) is 22.5 Å². The first-order chi connectivity index (χ1) is 9.80. The molecule has 1 aliphatic rings. The highest BCUT2D eigenvalue weighted by molar-refractivity contribution is 5.42. The summed E-state index contributed by atoms with van der Waals surface area (Å²) in [5, 5.41) is 1.71. The van der Waals surface area contributed by atoms with E-state index in [0.29, 0.717) is 13.2 Å². The van der Waals surface area contributed by atoms with E-state index in [4.69, 9.17) is 14.4 Å². The van der Waals surface area contributed by atoms with Crippen molar-refractivity contribution in [3.05, 3.63) is 29.3 Å². The maximum atomic E-state index is 5.72. The summed E-state index contributed by atoms with van der Waals surface area (Å²) in [6.45, 7) is 5.42. The zero-order valence-corrected chi connectivity index (χ0v) is 12.7. The molecule has 0 bridgehead atoms. The van der Waals surface area contributed by atoms with Crippen molar-refractivity contribution in [1.29, 1.82) is 0 Å². The lowest BCUT2D eigenvalue weighted by Gasteiger charge is -2.33. The van der Waals surface area contributed by atoms with E-state index in [-0.39, 0.29) is 6.04 Å². The first kappa shape index (κ1) is 15.3. The van der Waals surface area contributed by atoms with Gasteiger partial charge in [0.15, 0.2) is 0 Å². The third-order valence-electron chi connectivity index (χ3n) is 3.61. The van der Waals surface area contributed by atoms with Crippen LogP contribution in [0.25, 0.3) is 0 Å². The minimum atomic E-state index is 0.279. The highest BCUT2D eigenvalue weighted by atomic mass is 16.9. The number of hydroxylamine groups is 2. The molecule has 1 aromatic carbocycles. The van der Waals surface area contributed by atoms with Crippen molar-refractivity contribution in [3.8, 4) is 5.75 Å². The number of methoxy groups -OCH3 is 1. The van der Waals surface area contributed by atoms with E-state index in [1.54, 1.807) is 12.3 Å². The van der Waals surface area contributed by atoms with E-state index < -0.39 is 0 Å². The number of ether oxygens (including phenoxy) is 1. The fourth-order valence-corrected chi connectivity index (χ4v) is 2.68. The zero-order valence-electron chi connectivity index (χ0n) is 12.7. The van der Waals surface area contributed by atoms with Gasteiger partial charge >= 0.3 is 0 Å². The molecule has 0 spiro atoms. The summed E-state index contributed by atoms with van der Waals surface area (Å²) in [5.74, 6) is 0.999. The van der Waals surface area contributed by atoms with Crippen LogP contribution in [-0.4, -0.2) is 31.6 Å². The maximum absolute atomic E-state index is 5.72. The van der Waals surface area contributed by atoms with Crippen LogP contribution in [0.5, 0.6) is 5.75 Å². The summed E-state index contributed by atoms with van der Waals surface area (Å²) in [4.78, 5) is 11.4. The molecular formula is C16H25NO3. The van der Waals surface area contributed by atoms with Gasteiger partial charge in [-0.15, -0.1) is 0 Å². The van der Waals surface area contributed by atoms with Crippen LogP contribution in [0, 0.1) is 0 Å². The number of rotatable bonds is 7. The van der Waals surface area contributed by atoms with Crippen molar-refractivity contribution >= 4 is 0 Å². The lowest BCUT2D eigenvalue weighted by molar-refractivity contribution is -0.387. The molecule has 0 aromatic heterocycles. The zero-order chi connectivity index (χ0) is 14.4. The fourth-order valence-electron chi connectivity index (χ4n) is 2.68. The highest BCUT2D eigenvalue weighted by Crippen LogP contribution is 2.31. The Morgan fingerprint density at radius 3 is 2.80 bits per heavy atom. The fraction of sp³-hybridized carbons (Fsp3) is 0.625. The van der Waals surface area contributed by atoms with E-state index in [0.717, 1.165) is 31.4 Å². The average molecular weight is 279 g/mol. The average Bonchev–Trinajstić information content (AvgIpc) is 2.50. The molecular weight excluding hydrogens is 254 g/mol. The highest BCUT2D eigenvalue weighted by Gasteiger charge is 2.27. The van der Waals surface area contributed by atoms with Gasteiger partial charge in [-0.25, -0.2) is 0 Å². The van der Waals surface area contributed by atoms with E-state index in [1.165, 1.54) is 11.1 Å². The molecule has 0 saturated heterocycles. The molecule has 1 aromatic rings. The lowest BCUT2D eigenvalue weighted by atomic mass is 9.88. The summed E-state index contributed by atoms with van der Waals surface area (Å²) >= 11 is 0. The summed E-state index contributed by atoms with van der Waals surface area (Å²) in [6.07, 6.45) is 3.96. The van der Waals surface area contributed by atoms with Crippen LogP contribution in [0.2, 0.25) is 0 Å². The van der Waals surface area contributed by atoms with Gasteiger partial charge < -0.3 is 4.74 Å². The van der Waals surface area contributed by atoms with Crippen molar-refractivity contribution in [3.63, 3.8) is 0 Å². The summed E-state index contributed by atoms with van der Waals surface area (Å²) in [5.41, 5.74) is 2.67. The molecule has 0 amide bonds. The number of benzene rings is 1.